The molecule has 2 aliphatic rings. The molecular formula is C17H22ClFN2O2. The van der Waals surface area contributed by atoms with Gasteiger partial charge in [0.1, 0.15) is 5.82 Å². The van der Waals surface area contributed by atoms with E-state index in [-0.39, 0.29) is 23.6 Å². The third kappa shape index (κ3) is 4.22. The Morgan fingerprint density at radius 1 is 1.43 bits per heavy atom. The Morgan fingerprint density at radius 2 is 2.22 bits per heavy atom. The Balaban J connectivity index is 1.65. The Morgan fingerprint density at radius 3 is 2.87 bits per heavy atom. The predicted molar refractivity (Wildman–Crippen MR) is 86.7 cm³/mol. The first kappa shape index (κ1) is 16.7. The van der Waals surface area contributed by atoms with Crippen LogP contribution < -0.4 is 5.32 Å². The number of ether oxygens (including phenoxy) is 1. The van der Waals surface area contributed by atoms with Crippen molar-refractivity contribution in [3.05, 3.63) is 34.6 Å². The molecule has 1 saturated heterocycles. The number of halogens is 2. The second-order valence-electron chi connectivity index (χ2n) is 6.53. The van der Waals surface area contributed by atoms with Crippen molar-refractivity contribution in [1.29, 1.82) is 0 Å². The lowest BCUT2D eigenvalue weighted by molar-refractivity contribution is -0.126. The highest BCUT2D eigenvalue weighted by Gasteiger charge is 2.39. The fourth-order valence-corrected chi connectivity index (χ4v) is 3.36. The third-order valence-electron chi connectivity index (χ3n) is 4.57. The van der Waals surface area contributed by atoms with Crippen LogP contribution in [0.25, 0.3) is 0 Å². The number of methoxy groups -OCH3 is 1. The molecule has 0 spiro atoms. The van der Waals surface area contributed by atoms with Gasteiger partial charge in [-0.05, 0) is 25.0 Å². The van der Waals surface area contributed by atoms with Gasteiger partial charge in [0, 0.05) is 49.3 Å². The quantitative estimate of drug-likeness (QED) is 0.865. The number of amides is 1. The van der Waals surface area contributed by atoms with Crippen molar-refractivity contribution < 1.29 is 13.9 Å². The molecule has 23 heavy (non-hydrogen) atoms. The normalized spacial score (nSPS) is 24.8. The molecule has 1 aromatic carbocycles. The number of nitrogens with zero attached hydrogens (tertiary/aromatic N) is 1. The SMILES string of the molecule is COC[C@@H]1CN(Cc2ccc(Cl)cc2F)C[C@H]1C(=O)NC1CC1. The van der Waals surface area contributed by atoms with Gasteiger partial charge in [-0.2, -0.15) is 0 Å². The lowest BCUT2D eigenvalue weighted by Gasteiger charge is -2.16. The Kier molecular flexibility index (Phi) is 5.19. The Labute approximate surface area is 140 Å². The van der Waals surface area contributed by atoms with Gasteiger partial charge in [0.25, 0.3) is 0 Å². The fraction of sp³-hybridized carbons (Fsp3) is 0.588. The van der Waals surface area contributed by atoms with Crippen LogP contribution in [-0.2, 0) is 16.1 Å². The summed E-state index contributed by atoms with van der Waals surface area (Å²) in [6.07, 6.45) is 2.15. The summed E-state index contributed by atoms with van der Waals surface area (Å²) in [5.41, 5.74) is 0.605. The van der Waals surface area contributed by atoms with Crippen LogP contribution in [0.5, 0.6) is 0 Å². The van der Waals surface area contributed by atoms with Crippen molar-refractivity contribution in [3.8, 4) is 0 Å². The number of carbonyl (C=O) groups is 1. The van der Waals surface area contributed by atoms with Crippen molar-refractivity contribution >= 4 is 17.5 Å². The van der Waals surface area contributed by atoms with Crippen LogP contribution in [0.3, 0.4) is 0 Å². The summed E-state index contributed by atoms with van der Waals surface area (Å²) in [6, 6.07) is 5.09. The first-order valence-corrected chi connectivity index (χ1v) is 8.40. The van der Waals surface area contributed by atoms with E-state index in [1.165, 1.54) is 6.07 Å². The molecule has 0 unspecified atom stereocenters. The van der Waals surface area contributed by atoms with E-state index in [1.54, 1.807) is 19.2 Å². The minimum atomic E-state index is -0.299. The maximum Gasteiger partial charge on any atom is 0.225 e. The van der Waals surface area contributed by atoms with Crippen molar-refractivity contribution in [2.24, 2.45) is 11.8 Å². The van der Waals surface area contributed by atoms with Gasteiger partial charge in [0.15, 0.2) is 0 Å². The van der Waals surface area contributed by atoms with Gasteiger partial charge in [-0.3, -0.25) is 9.69 Å². The van der Waals surface area contributed by atoms with Gasteiger partial charge >= 0.3 is 0 Å². The smallest absolute Gasteiger partial charge is 0.225 e. The topological polar surface area (TPSA) is 41.6 Å². The monoisotopic (exact) mass is 340 g/mol. The molecule has 1 heterocycles. The molecule has 1 amide bonds. The fourth-order valence-electron chi connectivity index (χ4n) is 3.20. The lowest BCUT2D eigenvalue weighted by Crippen LogP contribution is -2.37. The van der Waals surface area contributed by atoms with Crippen molar-refractivity contribution in [3.63, 3.8) is 0 Å². The van der Waals surface area contributed by atoms with Crippen LogP contribution in [0.1, 0.15) is 18.4 Å². The van der Waals surface area contributed by atoms with E-state index >= 15 is 0 Å². The van der Waals surface area contributed by atoms with Crippen LogP contribution >= 0.6 is 11.6 Å². The van der Waals surface area contributed by atoms with Crippen molar-refractivity contribution in [1.82, 2.24) is 10.2 Å². The summed E-state index contributed by atoms with van der Waals surface area (Å²) in [5, 5.41) is 3.47. The molecule has 1 saturated carbocycles. The molecule has 4 nitrogen and oxygen atoms in total. The standard InChI is InChI=1S/C17H22ClFN2O2/c1-23-10-12-8-21(7-11-2-3-13(18)6-16(11)19)9-15(12)17(22)20-14-4-5-14/h2-3,6,12,14-15H,4-5,7-10H2,1H3,(H,20,22)/t12-,15+/m0/s1. The second kappa shape index (κ2) is 7.16. The molecule has 2 atom stereocenters. The molecule has 0 radical (unpaired) electrons. The number of likely N-dealkylation sites (tertiary alicyclic amines) is 1. The highest BCUT2D eigenvalue weighted by Crippen LogP contribution is 2.28. The summed E-state index contributed by atoms with van der Waals surface area (Å²) >= 11 is 5.79. The van der Waals surface area contributed by atoms with Gasteiger partial charge < -0.3 is 10.1 Å². The highest BCUT2D eigenvalue weighted by atomic mass is 35.5. The molecule has 3 rings (SSSR count). The van der Waals surface area contributed by atoms with Gasteiger partial charge in [-0.15, -0.1) is 0 Å². The van der Waals surface area contributed by atoms with E-state index in [2.05, 4.69) is 10.2 Å². The molecule has 6 heteroatoms. The van der Waals surface area contributed by atoms with Gasteiger partial charge in [-0.25, -0.2) is 4.39 Å². The van der Waals surface area contributed by atoms with E-state index in [4.69, 9.17) is 16.3 Å². The zero-order chi connectivity index (χ0) is 16.4. The van der Waals surface area contributed by atoms with E-state index in [0.717, 1.165) is 19.4 Å². The summed E-state index contributed by atoms with van der Waals surface area (Å²) in [7, 11) is 1.65. The molecule has 1 N–H and O–H groups in total. The van der Waals surface area contributed by atoms with Gasteiger partial charge in [0.05, 0.1) is 12.5 Å². The van der Waals surface area contributed by atoms with E-state index in [1.807, 2.05) is 0 Å². The molecule has 2 fully saturated rings. The maximum atomic E-state index is 14.0. The molecule has 1 aliphatic carbocycles. The number of benzene rings is 1. The molecule has 126 valence electrons. The van der Waals surface area contributed by atoms with Crippen LogP contribution in [0.4, 0.5) is 4.39 Å². The third-order valence-corrected chi connectivity index (χ3v) is 4.80. The largest absolute Gasteiger partial charge is 0.384 e. The molecular weight excluding hydrogens is 319 g/mol. The second-order valence-corrected chi connectivity index (χ2v) is 6.97. The number of hydrogen-bond donors (Lipinski definition) is 1. The number of hydrogen-bond acceptors (Lipinski definition) is 3. The lowest BCUT2D eigenvalue weighted by atomic mass is 9.96. The predicted octanol–water partition coefficient (Wildman–Crippen LogP) is 2.45. The Hall–Kier alpha value is -1.17. The van der Waals surface area contributed by atoms with Crippen molar-refractivity contribution in [2.75, 3.05) is 26.8 Å². The number of carbonyl (C=O) groups excluding carboxylic acids is 1. The van der Waals surface area contributed by atoms with Crippen molar-refractivity contribution in [2.45, 2.75) is 25.4 Å². The molecule has 0 bridgehead atoms. The first-order chi connectivity index (χ1) is 11.1. The van der Waals surface area contributed by atoms with E-state index in [9.17, 15) is 9.18 Å². The highest BCUT2D eigenvalue weighted by molar-refractivity contribution is 6.30. The van der Waals surface area contributed by atoms with Crippen LogP contribution in [0, 0.1) is 17.7 Å². The number of rotatable bonds is 6. The minimum absolute atomic E-state index is 0.0917. The van der Waals surface area contributed by atoms with Gasteiger partial charge in [0.2, 0.25) is 5.91 Å². The average Bonchev–Trinajstić information content (AvgIpc) is 3.22. The zero-order valence-corrected chi connectivity index (χ0v) is 14.0. The van der Waals surface area contributed by atoms with E-state index in [0.29, 0.717) is 36.3 Å². The molecule has 1 aromatic rings. The molecule has 1 aliphatic heterocycles. The summed E-state index contributed by atoms with van der Waals surface area (Å²) in [6.45, 7) is 2.39. The average molecular weight is 341 g/mol. The zero-order valence-electron chi connectivity index (χ0n) is 13.2. The maximum absolute atomic E-state index is 14.0. The Bertz CT molecular complexity index is 580. The van der Waals surface area contributed by atoms with E-state index < -0.39 is 0 Å². The van der Waals surface area contributed by atoms with Crippen LogP contribution in [-0.4, -0.2) is 43.7 Å². The minimum Gasteiger partial charge on any atom is -0.384 e. The first-order valence-electron chi connectivity index (χ1n) is 8.02. The van der Waals surface area contributed by atoms with Gasteiger partial charge in [-0.1, -0.05) is 17.7 Å². The number of nitrogens with one attached hydrogen (secondary N) is 1. The van der Waals surface area contributed by atoms with Crippen LogP contribution in [0.15, 0.2) is 18.2 Å². The molecule has 0 aromatic heterocycles. The van der Waals surface area contributed by atoms with Crippen LogP contribution in [0.2, 0.25) is 5.02 Å². The summed E-state index contributed by atoms with van der Waals surface area (Å²) in [4.78, 5) is 14.5. The summed E-state index contributed by atoms with van der Waals surface area (Å²) < 4.78 is 19.2. The summed E-state index contributed by atoms with van der Waals surface area (Å²) in [5.74, 6) is -0.139.